The van der Waals surface area contributed by atoms with Gasteiger partial charge in [-0.2, -0.15) is 0 Å². The minimum atomic E-state index is -0.0278. The minimum absolute atomic E-state index is 0. The van der Waals surface area contributed by atoms with E-state index in [2.05, 4.69) is 22.5 Å². The van der Waals surface area contributed by atoms with Crippen LogP contribution in [-0.4, -0.2) is 73.0 Å². The molecule has 0 aromatic heterocycles. The fraction of sp³-hybridized carbons (Fsp3) is 0.579. The molecule has 26 heavy (non-hydrogen) atoms. The maximum Gasteiger partial charge on any atom is 0.251 e. The van der Waals surface area contributed by atoms with Gasteiger partial charge in [0.05, 0.1) is 6.54 Å². The Morgan fingerprint density at radius 2 is 1.85 bits per heavy atom. The summed E-state index contributed by atoms with van der Waals surface area (Å²) in [6.07, 6.45) is 1.64. The van der Waals surface area contributed by atoms with Crippen LogP contribution >= 0.6 is 12.4 Å². The molecule has 0 bridgehead atoms. The Bertz CT molecular complexity index is 590. The van der Waals surface area contributed by atoms with Crippen molar-refractivity contribution in [1.82, 2.24) is 20.4 Å². The van der Waals surface area contributed by atoms with E-state index in [0.717, 1.165) is 45.6 Å². The maximum atomic E-state index is 12.5. The van der Waals surface area contributed by atoms with Crippen molar-refractivity contribution in [3.63, 3.8) is 0 Å². The number of carbonyl (C=O) groups excluding carboxylic acids is 2. The minimum Gasteiger partial charge on any atom is -0.349 e. The van der Waals surface area contributed by atoms with Crippen LogP contribution in [-0.2, 0) is 4.79 Å². The lowest BCUT2D eigenvalue weighted by Crippen LogP contribution is -2.54. The van der Waals surface area contributed by atoms with Crippen LogP contribution in [0, 0.1) is 0 Å². The van der Waals surface area contributed by atoms with E-state index in [1.165, 1.54) is 0 Å². The summed E-state index contributed by atoms with van der Waals surface area (Å²) in [5.41, 5.74) is 0.689. The molecule has 0 saturated carbocycles. The SMILES string of the molecule is C[C@@H]1CNCCN1CC(=O)N1CCC(NC(=O)c2ccccc2)CC1.Cl. The summed E-state index contributed by atoms with van der Waals surface area (Å²) >= 11 is 0. The van der Waals surface area contributed by atoms with Gasteiger partial charge < -0.3 is 15.5 Å². The van der Waals surface area contributed by atoms with Gasteiger partial charge in [-0.1, -0.05) is 18.2 Å². The number of piperidine rings is 1. The van der Waals surface area contributed by atoms with E-state index in [-0.39, 0.29) is 30.3 Å². The number of nitrogens with one attached hydrogen (secondary N) is 2. The van der Waals surface area contributed by atoms with Crippen molar-refractivity contribution in [2.24, 2.45) is 0 Å². The average molecular weight is 381 g/mol. The molecular weight excluding hydrogens is 352 g/mol. The van der Waals surface area contributed by atoms with Crippen LogP contribution in [0.5, 0.6) is 0 Å². The van der Waals surface area contributed by atoms with Gasteiger partial charge in [-0.25, -0.2) is 0 Å². The van der Waals surface area contributed by atoms with Gasteiger partial charge in [0, 0.05) is 50.4 Å². The zero-order valence-electron chi connectivity index (χ0n) is 15.3. The summed E-state index contributed by atoms with van der Waals surface area (Å²) in [6, 6.07) is 9.83. The summed E-state index contributed by atoms with van der Waals surface area (Å²) in [5.74, 6) is 0.182. The fourth-order valence-corrected chi connectivity index (χ4v) is 3.52. The van der Waals surface area contributed by atoms with Crippen LogP contribution in [0.4, 0.5) is 0 Å². The zero-order valence-corrected chi connectivity index (χ0v) is 16.1. The second kappa shape index (κ2) is 9.90. The van der Waals surface area contributed by atoms with E-state index in [1.807, 2.05) is 35.2 Å². The molecule has 6 nitrogen and oxygen atoms in total. The van der Waals surface area contributed by atoms with Crippen LogP contribution in [0.3, 0.4) is 0 Å². The molecule has 2 aliphatic heterocycles. The van der Waals surface area contributed by atoms with Gasteiger partial charge in [0.15, 0.2) is 0 Å². The predicted octanol–water partition coefficient (Wildman–Crippen LogP) is 1.12. The molecule has 2 aliphatic rings. The van der Waals surface area contributed by atoms with E-state index in [1.54, 1.807) is 0 Å². The number of carbonyl (C=O) groups is 2. The molecule has 2 fully saturated rings. The van der Waals surface area contributed by atoms with Crippen molar-refractivity contribution in [2.45, 2.75) is 31.8 Å². The second-order valence-corrected chi connectivity index (χ2v) is 7.02. The van der Waals surface area contributed by atoms with Crippen LogP contribution in [0.2, 0.25) is 0 Å². The number of benzene rings is 1. The third-order valence-electron chi connectivity index (χ3n) is 5.20. The highest BCUT2D eigenvalue weighted by Crippen LogP contribution is 2.13. The molecule has 1 aromatic rings. The van der Waals surface area contributed by atoms with Crippen molar-refractivity contribution in [1.29, 1.82) is 0 Å². The van der Waals surface area contributed by atoms with E-state index in [9.17, 15) is 9.59 Å². The molecule has 0 radical (unpaired) electrons. The number of halogens is 1. The first-order chi connectivity index (χ1) is 12.1. The lowest BCUT2D eigenvalue weighted by Gasteiger charge is -2.37. The molecule has 7 heteroatoms. The summed E-state index contributed by atoms with van der Waals surface area (Å²) < 4.78 is 0. The first-order valence-electron chi connectivity index (χ1n) is 9.22. The van der Waals surface area contributed by atoms with Gasteiger partial charge in [-0.3, -0.25) is 14.5 Å². The zero-order chi connectivity index (χ0) is 17.6. The van der Waals surface area contributed by atoms with Gasteiger partial charge in [0.2, 0.25) is 5.91 Å². The molecule has 0 unspecified atom stereocenters. The Labute approximate surface area is 161 Å². The van der Waals surface area contributed by atoms with E-state index in [4.69, 9.17) is 0 Å². The molecule has 2 N–H and O–H groups in total. The molecule has 1 atom stereocenters. The monoisotopic (exact) mass is 380 g/mol. The first-order valence-corrected chi connectivity index (χ1v) is 9.22. The number of hydrogen-bond acceptors (Lipinski definition) is 4. The Morgan fingerprint density at radius 1 is 1.15 bits per heavy atom. The summed E-state index contributed by atoms with van der Waals surface area (Å²) in [7, 11) is 0. The molecule has 2 saturated heterocycles. The molecule has 2 amide bonds. The number of rotatable bonds is 4. The number of likely N-dealkylation sites (tertiary alicyclic amines) is 1. The Hall–Kier alpha value is -1.63. The largest absolute Gasteiger partial charge is 0.349 e. The van der Waals surface area contributed by atoms with Gasteiger partial charge in [-0.05, 0) is 31.9 Å². The van der Waals surface area contributed by atoms with Gasteiger partial charge >= 0.3 is 0 Å². The third-order valence-corrected chi connectivity index (χ3v) is 5.20. The van der Waals surface area contributed by atoms with Crippen molar-refractivity contribution in [3.8, 4) is 0 Å². The van der Waals surface area contributed by atoms with Crippen molar-refractivity contribution < 1.29 is 9.59 Å². The molecular formula is C19H29ClN4O2. The highest BCUT2D eigenvalue weighted by atomic mass is 35.5. The summed E-state index contributed by atoms with van der Waals surface area (Å²) in [6.45, 7) is 6.93. The molecule has 1 aromatic carbocycles. The predicted molar refractivity (Wildman–Crippen MR) is 105 cm³/mol. The van der Waals surface area contributed by atoms with Gasteiger partial charge in [0.1, 0.15) is 0 Å². The Balaban J connectivity index is 0.00000243. The van der Waals surface area contributed by atoms with Crippen LogP contribution < -0.4 is 10.6 Å². The topological polar surface area (TPSA) is 64.7 Å². The quantitative estimate of drug-likeness (QED) is 0.821. The average Bonchev–Trinajstić information content (AvgIpc) is 2.65. The lowest BCUT2D eigenvalue weighted by atomic mass is 10.0. The smallest absolute Gasteiger partial charge is 0.251 e. The molecule has 3 rings (SSSR count). The van der Waals surface area contributed by atoms with Gasteiger partial charge in [-0.15, -0.1) is 12.4 Å². The molecule has 2 heterocycles. The number of amides is 2. The van der Waals surface area contributed by atoms with E-state index >= 15 is 0 Å². The summed E-state index contributed by atoms with van der Waals surface area (Å²) in [4.78, 5) is 29.0. The fourth-order valence-electron chi connectivity index (χ4n) is 3.52. The highest BCUT2D eigenvalue weighted by Gasteiger charge is 2.27. The van der Waals surface area contributed by atoms with E-state index in [0.29, 0.717) is 18.2 Å². The highest BCUT2D eigenvalue weighted by molar-refractivity contribution is 5.94. The van der Waals surface area contributed by atoms with Crippen molar-refractivity contribution >= 4 is 24.2 Å². The lowest BCUT2D eigenvalue weighted by molar-refractivity contribution is -0.134. The van der Waals surface area contributed by atoms with Crippen molar-refractivity contribution in [2.75, 3.05) is 39.3 Å². The van der Waals surface area contributed by atoms with Crippen molar-refractivity contribution in [3.05, 3.63) is 35.9 Å². The number of hydrogen-bond donors (Lipinski definition) is 2. The number of nitrogens with zero attached hydrogens (tertiary/aromatic N) is 2. The van der Waals surface area contributed by atoms with Gasteiger partial charge in [0.25, 0.3) is 5.91 Å². The third kappa shape index (κ3) is 5.43. The van der Waals surface area contributed by atoms with Crippen LogP contribution in [0.1, 0.15) is 30.1 Å². The first kappa shape index (κ1) is 20.7. The van der Waals surface area contributed by atoms with E-state index < -0.39 is 0 Å². The van der Waals surface area contributed by atoms with Crippen LogP contribution in [0.15, 0.2) is 30.3 Å². The maximum absolute atomic E-state index is 12.5. The number of piperazine rings is 1. The second-order valence-electron chi connectivity index (χ2n) is 7.02. The standard InChI is InChI=1S/C19H28N4O2.ClH/c1-15-13-20-9-12-23(15)14-18(24)22-10-7-17(8-11-22)21-19(25)16-5-3-2-4-6-16;/h2-6,15,17,20H,7-14H2,1H3,(H,21,25);1H/t15-;/m1./s1. The van der Waals surface area contributed by atoms with Crippen LogP contribution in [0.25, 0.3) is 0 Å². The normalized spacial score (nSPS) is 21.7. The Morgan fingerprint density at radius 3 is 2.50 bits per heavy atom. The summed E-state index contributed by atoms with van der Waals surface area (Å²) in [5, 5.41) is 6.44. The molecule has 144 valence electrons. The molecule has 0 aliphatic carbocycles. The molecule has 0 spiro atoms. The Kier molecular flexibility index (Phi) is 7.87.